The Labute approximate surface area is 176 Å². The zero-order valence-electron chi connectivity index (χ0n) is 16.9. The topological polar surface area (TPSA) is 71.2 Å². The van der Waals surface area contributed by atoms with Gasteiger partial charge in [-0.3, -0.25) is 0 Å². The highest BCUT2D eigenvalue weighted by molar-refractivity contribution is 7.89. The third-order valence-electron chi connectivity index (χ3n) is 5.31. The Morgan fingerprint density at radius 2 is 1.73 bits per heavy atom. The highest BCUT2D eigenvalue weighted by atomic mass is 32.2. The molecule has 4 aromatic rings. The van der Waals surface area contributed by atoms with Crippen LogP contribution in [0, 0.1) is 6.92 Å². The quantitative estimate of drug-likeness (QED) is 0.459. The first kappa shape index (κ1) is 20.2. The summed E-state index contributed by atoms with van der Waals surface area (Å²) in [4.78, 5) is 3.56. The van der Waals surface area contributed by atoms with Gasteiger partial charge in [0.2, 0.25) is 10.0 Å². The molecular formula is C24H24N2O3S. The van der Waals surface area contributed by atoms with Crippen LogP contribution in [0.1, 0.15) is 22.6 Å². The molecule has 1 unspecified atom stereocenters. The van der Waals surface area contributed by atoms with Crippen molar-refractivity contribution in [1.82, 2.24) is 9.71 Å². The standard InChI is InChI=1S/C24H24N2O3S/c1-17-8-11-20(12-9-17)30(27,28)26-16-22(18-6-4-3-5-7-18)23-15-25-24-13-10-19(29-2)14-21(23)24/h3-15,22,25-26H,16H2,1-2H3. The fourth-order valence-corrected chi connectivity index (χ4v) is 4.67. The minimum Gasteiger partial charge on any atom is -0.497 e. The number of nitrogens with one attached hydrogen (secondary N) is 2. The molecule has 1 heterocycles. The summed E-state index contributed by atoms with van der Waals surface area (Å²) in [5.41, 5.74) is 4.05. The SMILES string of the molecule is COc1ccc2[nH]cc(C(CNS(=O)(=O)c3ccc(C)cc3)c3ccccc3)c2c1. The third-order valence-corrected chi connectivity index (χ3v) is 6.75. The van der Waals surface area contributed by atoms with E-state index in [-0.39, 0.29) is 17.4 Å². The van der Waals surface area contributed by atoms with Crippen LogP contribution >= 0.6 is 0 Å². The second kappa shape index (κ2) is 8.34. The van der Waals surface area contributed by atoms with Gasteiger partial charge in [0.05, 0.1) is 12.0 Å². The molecule has 4 rings (SSSR count). The molecule has 30 heavy (non-hydrogen) atoms. The van der Waals surface area contributed by atoms with E-state index in [0.29, 0.717) is 0 Å². The smallest absolute Gasteiger partial charge is 0.240 e. The highest BCUT2D eigenvalue weighted by Gasteiger charge is 2.22. The van der Waals surface area contributed by atoms with Crippen LogP contribution in [0.15, 0.2) is 83.9 Å². The Kier molecular flexibility index (Phi) is 5.61. The van der Waals surface area contributed by atoms with E-state index in [1.54, 1.807) is 31.4 Å². The van der Waals surface area contributed by atoms with E-state index >= 15 is 0 Å². The number of methoxy groups -OCH3 is 1. The van der Waals surface area contributed by atoms with Crippen LogP contribution in [-0.2, 0) is 10.0 Å². The lowest BCUT2D eigenvalue weighted by Gasteiger charge is -2.18. The fraction of sp³-hybridized carbons (Fsp3) is 0.167. The number of aromatic amines is 1. The Bertz CT molecular complexity index is 1250. The van der Waals surface area contributed by atoms with Crippen molar-refractivity contribution >= 4 is 20.9 Å². The van der Waals surface area contributed by atoms with E-state index in [2.05, 4.69) is 9.71 Å². The zero-order chi connectivity index (χ0) is 21.1. The van der Waals surface area contributed by atoms with Crippen molar-refractivity contribution in [3.05, 3.63) is 95.7 Å². The van der Waals surface area contributed by atoms with Gasteiger partial charge in [-0.25, -0.2) is 13.1 Å². The number of benzene rings is 3. The van der Waals surface area contributed by atoms with Crippen LogP contribution in [0.5, 0.6) is 5.75 Å². The number of aromatic nitrogens is 1. The maximum absolute atomic E-state index is 12.9. The Balaban J connectivity index is 1.71. The van der Waals surface area contributed by atoms with Crippen molar-refractivity contribution < 1.29 is 13.2 Å². The number of sulfonamides is 1. The average molecular weight is 421 g/mol. The summed E-state index contributed by atoms with van der Waals surface area (Å²) in [5.74, 6) is 0.600. The molecule has 1 aromatic heterocycles. The largest absolute Gasteiger partial charge is 0.497 e. The van der Waals surface area contributed by atoms with Crippen LogP contribution in [0.25, 0.3) is 10.9 Å². The van der Waals surface area contributed by atoms with Gasteiger partial charge in [0.25, 0.3) is 0 Å². The van der Waals surface area contributed by atoms with Crippen molar-refractivity contribution in [3.8, 4) is 5.75 Å². The molecule has 0 aliphatic carbocycles. The number of H-pyrrole nitrogens is 1. The molecule has 0 aliphatic heterocycles. The molecule has 0 fully saturated rings. The zero-order valence-corrected chi connectivity index (χ0v) is 17.7. The molecule has 0 bridgehead atoms. The van der Waals surface area contributed by atoms with E-state index in [1.807, 2.05) is 61.7 Å². The van der Waals surface area contributed by atoms with Crippen LogP contribution in [0.2, 0.25) is 0 Å². The van der Waals surface area contributed by atoms with Crippen molar-refractivity contribution in [2.45, 2.75) is 17.7 Å². The summed E-state index contributed by atoms with van der Waals surface area (Å²) in [7, 11) is -1.99. The Hall–Kier alpha value is -3.09. The molecule has 0 spiro atoms. The molecule has 0 aliphatic rings. The molecule has 3 aromatic carbocycles. The minimum absolute atomic E-state index is 0.160. The van der Waals surface area contributed by atoms with Gasteiger partial charge in [0, 0.05) is 29.6 Å². The lowest BCUT2D eigenvalue weighted by atomic mass is 9.91. The Morgan fingerprint density at radius 3 is 2.43 bits per heavy atom. The van der Waals surface area contributed by atoms with E-state index in [9.17, 15) is 8.42 Å². The molecular weight excluding hydrogens is 396 g/mol. The second-order valence-electron chi connectivity index (χ2n) is 7.28. The summed E-state index contributed by atoms with van der Waals surface area (Å²) in [6.45, 7) is 2.17. The van der Waals surface area contributed by atoms with E-state index < -0.39 is 10.0 Å². The highest BCUT2D eigenvalue weighted by Crippen LogP contribution is 2.32. The summed E-state index contributed by atoms with van der Waals surface area (Å²) < 4.78 is 33.9. The molecule has 1 atom stereocenters. The van der Waals surface area contributed by atoms with Gasteiger partial charge in [0.15, 0.2) is 0 Å². The van der Waals surface area contributed by atoms with Gasteiger partial charge in [0.1, 0.15) is 5.75 Å². The van der Waals surface area contributed by atoms with Crippen LogP contribution in [0.3, 0.4) is 0 Å². The molecule has 0 saturated heterocycles. The Morgan fingerprint density at radius 1 is 1.00 bits per heavy atom. The lowest BCUT2D eigenvalue weighted by Crippen LogP contribution is -2.29. The van der Waals surface area contributed by atoms with Crippen LogP contribution in [-0.4, -0.2) is 27.1 Å². The van der Waals surface area contributed by atoms with Crippen molar-refractivity contribution in [3.63, 3.8) is 0 Å². The molecule has 6 heteroatoms. The maximum Gasteiger partial charge on any atom is 0.240 e. The summed E-state index contributed by atoms with van der Waals surface area (Å²) in [5, 5.41) is 1.01. The number of aryl methyl sites for hydroxylation is 1. The van der Waals surface area contributed by atoms with Gasteiger partial charge >= 0.3 is 0 Å². The van der Waals surface area contributed by atoms with E-state index in [4.69, 9.17) is 4.74 Å². The number of fused-ring (bicyclic) bond motifs is 1. The van der Waals surface area contributed by atoms with E-state index in [1.165, 1.54) is 0 Å². The molecule has 154 valence electrons. The number of hydrogen-bond acceptors (Lipinski definition) is 3. The summed E-state index contributed by atoms with van der Waals surface area (Å²) in [6.07, 6.45) is 1.95. The van der Waals surface area contributed by atoms with Gasteiger partial charge in [-0.15, -0.1) is 0 Å². The maximum atomic E-state index is 12.9. The van der Waals surface area contributed by atoms with Gasteiger partial charge in [-0.2, -0.15) is 0 Å². The van der Waals surface area contributed by atoms with Crippen LogP contribution in [0.4, 0.5) is 0 Å². The average Bonchev–Trinajstić information content (AvgIpc) is 3.18. The normalized spacial score (nSPS) is 12.7. The number of ether oxygens (including phenoxy) is 1. The predicted octanol–water partition coefficient (Wildman–Crippen LogP) is 4.60. The lowest BCUT2D eigenvalue weighted by molar-refractivity contribution is 0.415. The van der Waals surface area contributed by atoms with Crippen LogP contribution < -0.4 is 9.46 Å². The monoisotopic (exact) mass is 420 g/mol. The number of rotatable bonds is 7. The first-order valence-electron chi connectivity index (χ1n) is 9.74. The first-order valence-corrected chi connectivity index (χ1v) is 11.2. The third kappa shape index (κ3) is 4.10. The molecule has 0 radical (unpaired) electrons. The summed E-state index contributed by atoms with van der Waals surface area (Å²) in [6, 6.07) is 22.6. The molecule has 5 nitrogen and oxygen atoms in total. The van der Waals surface area contributed by atoms with Crippen molar-refractivity contribution in [2.75, 3.05) is 13.7 Å². The molecule has 0 amide bonds. The summed E-state index contributed by atoms with van der Waals surface area (Å²) >= 11 is 0. The number of hydrogen-bond donors (Lipinski definition) is 2. The van der Waals surface area contributed by atoms with Gasteiger partial charge in [-0.1, -0.05) is 48.0 Å². The van der Waals surface area contributed by atoms with E-state index in [0.717, 1.165) is 33.3 Å². The molecule has 2 N–H and O–H groups in total. The first-order chi connectivity index (χ1) is 14.5. The van der Waals surface area contributed by atoms with Crippen molar-refractivity contribution in [2.24, 2.45) is 0 Å². The second-order valence-corrected chi connectivity index (χ2v) is 9.05. The minimum atomic E-state index is -3.62. The fourth-order valence-electron chi connectivity index (χ4n) is 3.62. The van der Waals surface area contributed by atoms with Gasteiger partial charge in [-0.05, 0) is 48.4 Å². The van der Waals surface area contributed by atoms with Gasteiger partial charge < -0.3 is 9.72 Å². The predicted molar refractivity (Wildman–Crippen MR) is 120 cm³/mol. The van der Waals surface area contributed by atoms with Crippen molar-refractivity contribution in [1.29, 1.82) is 0 Å². The molecule has 0 saturated carbocycles.